The molecule has 17 heavy (non-hydrogen) atoms. The molecule has 4 nitrogen and oxygen atoms in total. The number of anilines is 1. The second-order valence-electron chi connectivity index (χ2n) is 4.77. The molecule has 1 fully saturated rings. The van der Waals surface area contributed by atoms with Crippen molar-refractivity contribution in [2.45, 2.75) is 52.2 Å². The molecule has 0 spiro atoms. The summed E-state index contributed by atoms with van der Waals surface area (Å²) in [5.74, 6) is 0.992. The third kappa shape index (κ3) is 3.46. The van der Waals surface area contributed by atoms with Gasteiger partial charge in [0.15, 0.2) is 0 Å². The van der Waals surface area contributed by atoms with Crippen LogP contribution in [0.3, 0.4) is 0 Å². The summed E-state index contributed by atoms with van der Waals surface area (Å²) in [5, 5.41) is 3.41. The van der Waals surface area contributed by atoms with E-state index in [1.54, 1.807) is 0 Å². The van der Waals surface area contributed by atoms with Crippen molar-refractivity contribution < 1.29 is 4.74 Å². The third-order valence-corrected chi connectivity index (χ3v) is 3.16. The van der Waals surface area contributed by atoms with Gasteiger partial charge < -0.3 is 14.6 Å². The lowest BCUT2D eigenvalue weighted by Crippen LogP contribution is -2.20. The van der Waals surface area contributed by atoms with Gasteiger partial charge >= 0.3 is 0 Å². The summed E-state index contributed by atoms with van der Waals surface area (Å²) in [4.78, 5) is 4.52. The first-order valence-electron chi connectivity index (χ1n) is 6.69. The van der Waals surface area contributed by atoms with Crippen LogP contribution in [0.5, 0.6) is 0 Å². The van der Waals surface area contributed by atoms with E-state index in [0.717, 1.165) is 31.3 Å². The Morgan fingerprint density at radius 1 is 1.59 bits per heavy atom. The predicted octanol–water partition coefficient (Wildman–Crippen LogP) is 2.58. The van der Waals surface area contributed by atoms with E-state index in [9.17, 15) is 0 Å². The van der Waals surface area contributed by atoms with Gasteiger partial charge in [0, 0.05) is 25.9 Å². The van der Waals surface area contributed by atoms with Crippen LogP contribution in [0, 0.1) is 6.92 Å². The molecule has 4 heteroatoms. The van der Waals surface area contributed by atoms with E-state index >= 15 is 0 Å². The number of aromatic nitrogens is 2. The lowest BCUT2D eigenvalue weighted by molar-refractivity contribution is 0.120. The highest BCUT2D eigenvalue weighted by atomic mass is 16.5. The zero-order chi connectivity index (χ0) is 12.1. The highest BCUT2D eigenvalue weighted by molar-refractivity contribution is 5.28. The van der Waals surface area contributed by atoms with Crippen LogP contribution >= 0.6 is 0 Å². The lowest BCUT2D eigenvalue weighted by Gasteiger charge is -2.12. The second kappa shape index (κ2) is 6.05. The van der Waals surface area contributed by atoms with Crippen LogP contribution in [0.1, 0.15) is 38.3 Å². The Bertz CT molecular complexity index is 342. The molecule has 0 aliphatic carbocycles. The van der Waals surface area contributed by atoms with E-state index < -0.39 is 0 Å². The van der Waals surface area contributed by atoms with Crippen molar-refractivity contribution >= 4 is 5.95 Å². The molecular weight excluding hydrogens is 214 g/mol. The summed E-state index contributed by atoms with van der Waals surface area (Å²) >= 11 is 0. The molecule has 0 aromatic carbocycles. The first kappa shape index (κ1) is 12.4. The molecule has 0 radical (unpaired) electrons. The van der Waals surface area contributed by atoms with Crippen LogP contribution in [0.25, 0.3) is 0 Å². The molecule has 0 bridgehead atoms. The Hall–Kier alpha value is -1.03. The van der Waals surface area contributed by atoms with Crippen LogP contribution in [0.4, 0.5) is 5.95 Å². The summed E-state index contributed by atoms with van der Waals surface area (Å²) in [7, 11) is 0. The van der Waals surface area contributed by atoms with E-state index in [4.69, 9.17) is 4.74 Å². The number of rotatable bonds is 6. The standard InChI is InChI=1S/C13H23N3O/c1-3-4-7-16-10-11(2)15-13(16)14-9-12-6-5-8-17-12/h10,12H,3-9H2,1-2H3,(H,14,15). The molecule has 2 rings (SSSR count). The number of imidazole rings is 1. The fourth-order valence-electron chi connectivity index (χ4n) is 2.20. The fourth-order valence-corrected chi connectivity index (χ4v) is 2.20. The minimum atomic E-state index is 0.367. The van der Waals surface area contributed by atoms with E-state index in [1.165, 1.54) is 25.7 Å². The van der Waals surface area contributed by atoms with Crippen molar-refractivity contribution in [3.63, 3.8) is 0 Å². The molecule has 1 aromatic heterocycles. The topological polar surface area (TPSA) is 39.1 Å². The van der Waals surface area contributed by atoms with Crippen molar-refractivity contribution in [2.24, 2.45) is 0 Å². The van der Waals surface area contributed by atoms with Gasteiger partial charge in [-0.15, -0.1) is 0 Å². The maximum atomic E-state index is 5.60. The first-order chi connectivity index (χ1) is 8.29. The van der Waals surface area contributed by atoms with E-state index in [0.29, 0.717) is 6.10 Å². The van der Waals surface area contributed by atoms with Crippen molar-refractivity contribution in [2.75, 3.05) is 18.5 Å². The number of hydrogen-bond donors (Lipinski definition) is 1. The van der Waals surface area contributed by atoms with Gasteiger partial charge in [0.05, 0.1) is 11.8 Å². The van der Waals surface area contributed by atoms with Gasteiger partial charge in [0.1, 0.15) is 0 Å². The summed E-state index contributed by atoms with van der Waals surface area (Å²) < 4.78 is 7.82. The maximum absolute atomic E-state index is 5.60. The van der Waals surface area contributed by atoms with Crippen molar-refractivity contribution in [1.82, 2.24) is 9.55 Å². The molecule has 1 atom stereocenters. The number of nitrogens with zero attached hydrogens (tertiary/aromatic N) is 2. The molecule has 1 N–H and O–H groups in total. The summed E-state index contributed by atoms with van der Waals surface area (Å²) in [6, 6.07) is 0. The van der Waals surface area contributed by atoms with E-state index in [1.807, 2.05) is 6.92 Å². The summed E-state index contributed by atoms with van der Waals surface area (Å²) in [6.07, 6.45) is 7.25. The van der Waals surface area contributed by atoms with Gasteiger partial charge in [-0.05, 0) is 26.2 Å². The monoisotopic (exact) mass is 237 g/mol. The molecule has 1 aromatic rings. The number of unbranched alkanes of at least 4 members (excludes halogenated alkanes) is 1. The molecule has 96 valence electrons. The summed E-state index contributed by atoms with van der Waals surface area (Å²) in [5.41, 5.74) is 1.08. The highest BCUT2D eigenvalue weighted by Gasteiger charge is 2.16. The van der Waals surface area contributed by atoms with Gasteiger partial charge in [-0.2, -0.15) is 0 Å². The van der Waals surface area contributed by atoms with Crippen LogP contribution in [0.15, 0.2) is 6.20 Å². The first-order valence-corrected chi connectivity index (χ1v) is 6.69. The van der Waals surface area contributed by atoms with E-state index in [2.05, 4.69) is 28.0 Å². The third-order valence-electron chi connectivity index (χ3n) is 3.16. The van der Waals surface area contributed by atoms with Crippen molar-refractivity contribution in [3.05, 3.63) is 11.9 Å². The van der Waals surface area contributed by atoms with Crippen LogP contribution in [-0.4, -0.2) is 28.8 Å². The zero-order valence-corrected chi connectivity index (χ0v) is 10.9. The molecule has 2 heterocycles. The molecule has 1 aliphatic rings. The van der Waals surface area contributed by atoms with Gasteiger partial charge in [-0.1, -0.05) is 13.3 Å². The Kier molecular flexibility index (Phi) is 4.42. The van der Waals surface area contributed by atoms with E-state index in [-0.39, 0.29) is 0 Å². The Morgan fingerprint density at radius 2 is 2.47 bits per heavy atom. The Morgan fingerprint density at radius 3 is 3.18 bits per heavy atom. The quantitative estimate of drug-likeness (QED) is 0.826. The molecule has 1 saturated heterocycles. The van der Waals surface area contributed by atoms with Crippen LogP contribution in [-0.2, 0) is 11.3 Å². The molecule has 0 saturated carbocycles. The van der Waals surface area contributed by atoms with Crippen molar-refractivity contribution in [1.29, 1.82) is 0 Å². The highest BCUT2D eigenvalue weighted by Crippen LogP contribution is 2.14. The predicted molar refractivity (Wildman–Crippen MR) is 69.3 cm³/mol. The number of aryl methyl sites for hydroxylation is 2. The van der Waals surface area contributed by atoms with Gasteiger partial charge in [-0.25, -0.2) is 4.98 Å². The normalized spacial score (nSPS) is 19.8. The van der Waals surface area contributed by atoms with Crippen LogP contribution in [0.2, 0.25) is 0 Å². The SMILES string of the molecule is CCCCn1cc(C)nc1NCC1CCCO1. The maximum Gasteiger partial charge on any atom is 0.203 e. The lowest BCUT2D eigenvalue weighted by atomic mass is 10.2. The molecule has 1 unspecified atom stereocenters. The number of nitrogens with one attached hydrogen (secondary N) is 1. The molecular formula is C13H23N3O. The number of hydrogen-bond acceptors (Lipinski definition) is 3. The summed E-state index contributed by atoms with van der Waals surface area (Å²) in [6.45, 7) is 7.09. The second-order valence-corrected chi connectivity index (χ2v) is 4.77. The van der Waals surface area contributed by atoms with Crippen molar-refractivity contribution in [3.8, 4) is 0 Å². The average Bonchev–Trinajstić information content (AvgIpc) is 2.93. The van der Waals surface area contributed by atoms with Gasteiger partial charge in [0.2, 0.25) is 5.95 Å². The Labute approximate surface area is 103 Å². The molecule has 1 aliphatic heterocycles. The zero-order valence-electron chi connectivity index (χ0n) is 10.9. The fraction of sp³-hybridized carbons (Fsp3) is 0.769. The minimum Gasteiger partial charge on any atom is -0.376 e. The van der Waals surface area contributed by atoms with Gasteiger partial charge in [-0.3, -0.25) is 0 Å². The minimum absolute atomic E-state index is 0.367. The van der Waals surface area contributed by atoms with Crippen LogP contribution < -0.4 is 5.32 Å². The average molecular weight is 237 g/mol. The smallest absolute Gasteiger partial charge is 0.203 e. The number of ether oxygens (including phenoxy) is 1. The van der Waals surface area contributed by atoms with Gasteiger partial charge in [0.25, 0.3) is 0 Å². The Balaban J connectivity index is 1.89. The molecule has 0 amide bonds. The largest absolute Gasteiger partial charge is 0.376 e.